The Labute approximate surface area is 135 Å². The lowest BCUT2D eigenvalue weighted by atomic mass is 9.92. The van der Waals surface area contributed by atoms with E-state index in [-0.39, 0.29) is 52.1 Å². The highest BCUT2D eigenvalue weighted by molar-refractivity contribution is 5.74. The van der Waals surface area contributed by atoms with Crippen molar-refractivity contribution in [3.8, 4) is 0 Å². The number of rotatable bonds is 16. The molecule has 0 unspecified atom stereocenters. The zero-order valence-electron chi connectivity index (χ0n) is 13.4. The van der Waals surface area contributed by atoms with E-state index in [1.54, 1.807) is 0 Å². The molecule has 0 aliphatic carbocycles. The molecule has 0 aliphatic heterocycles. The maximum Gasteiger partial charge on any atom is 0.217 e. The molecule has 0 saturated heterocycles. The zero-order valence-corrected chi connectivity index (χ0v) is 13.4. The van der Waals surface area contributed by atoms with E-state index in [2.05, 4.69) is 0 Å². The molecular weight excluding hydrogens is 308 g/mol. The molecule has 0 saturated carbocycles. The van der Waals surface area contributed by atoms with E-state index in [0.29, 0.717) is 19.8 Å². The van der Waals surface area contributed by atoms with E-state index < -0.39 is 17.4 Å². The third kappa shape index (κ3) is 14.1. The van der Waals surface area contributed by atoms with E-state index in [1.807, 2.05) is 0 Å². The topological polar surface area (TPSA) is 154 Å². The minimum absolute atomic E-state index is 0.00266. The third-order valence-electron chi connectivity index (χ3n) is 3.02. The first-order chi connectivity index (χ1) is 10.9. The van der Waals surface area contributed by atoms with Gasteiger partial charge in [0, 0.05) is 12.8 Å². The number of aliphatic hydroxyl groups excluding tert-OH is 1. The predicted molar refractivity (Wildman–Crippen MR) is 81.3 cm³/mol. The van der Waals surface area contributed by atoms with Crippen LogP contribution in [0.25, 0.3) is 0 Å². The van der Waals surface area contributed by atoms with E-state index in [1.165, 1.54) is 0 Å². The van der Waals surface area contributed by atoms with Crippen molar-refractivity contribution in [3.05, 3.63) is 0 Å². The van der Waals surface area contributed by atoms with Crippen LogP contribution in [0.1, 0.15) is 25.7 Å². The van der Waals surface area contributed by atoms with Crippen LogP contribution in [0.15, 0.2) is 0 Å². The summed E-state index contributed by atoms with van der Waals surface area (Å²) in [5.74, 6) is -1.07. The number of ether oxygens (including phenoxy) is 3. The third-order valence-corrected chi connectivity index (χ3v) is 3.02. The summed E-state index contributed by atoms with van der Waals surface area (Å²) in [6, 6.07) is 0. The van der Waals surface area contributed by atoms with E-state index in [9.17, 15) is 14.7 Å². The monoisotopic (exact) mass is 336 g/mol. The molecule has 9 nitrogen and oxygen atoms in total. The van der Waals surface area contributed by atoms with Crippen molar-refractivity contribution in [2.75, 3.05) is 46.2 Å². The van der Waals surface area contributed by atoms with Crippen LogP contribution < -0.4 is 11.5 Å². The van der Waals surface area contributed by atoms with Gasteiger partial charge in [-0.05, 0) is 12.8 Å². The minimum atomic E-state index is -1.33. The average molecular weight is 336 g/mol. The molecule has 0 heterocycles. The second-order valence-electron chi connectivity index (χ2n) is 5.16. The van der Waals surface area contributed by atoms with Crippen LogP contribution in [0.2, 0.25) is 0 Å². The van der Waals surface area contributed by atoms with Crippen LogP contribution in [-0.2, 0) is 23.8 Å². The molecular formula is C14H28N2O7. The molecule has 0 aromatic carbocycles. The predicted octanol–water partition coefficient (Wildman–Crippen LogP) is -1.71. The average Bonchev–Trinajstić information content (AvgIpc) is 2.50. The number of carbonyl (C=O) groups is 2. The Kier molecular flexibility index (Phi) is 12.5. The largest absolute Gasteiger partial charge is 0.394 e. The van der Waals surface area contributed by atoms with Gasteiger partial charge in [-0.25, -0.2) is 0 Å². The normalized spacial score (nSPS) is 11.6. The second-order valence-corrected chi connectivity index (χ2v) is 5.16. The molecule has 0 aromatic heterocycles. The van der Waals surface area contributed by atoms with Gasteiger partial charge in [-0.1, -0.05) is 0 Å². The van der Waals surface area contributed by atoms with Crippen LogP contribution in [0.4, 0.5) is 0 Å². The molecule has 0 bridgehead atoms. The molecule has 0 aliphatic rings. The lowest BCUT2D eigenvalue weighted by Gasteiger charge is -2.27. The molecule has 6 N–H and O–H groups in total. The Morgan fingerprint density at radius 2 is 1.26 bits per heavy atom. The lowest BCUT2D eigenvalue weighted by molar-refractivity contribution is -0.123. The molecule has 0 radical (unpaired) electrons. The molecule has 23 heavy (non-hydrogen) atoms. The molecule has 2 amide bonds. The summed E-state index contributed by atoms with van der Waals surface area (Å²) >= 11 is 0. The van der Waals surface area contributed by atoms with Gasteiger partial charge in [-0.15, -0.1) is 0 Å². The van der Waals surface area contributed by atoms with Gasteiger partial charge in [0.25, 0.3) is 0 Å². The van der Waals surface area contributed by atoms with Crippen molar-refractivity contribution in [1.82, 2.24) is 0 Å². The molecule has 0 spiro atoms. The van der Waals surface area contributed by atoms with Gasteiger partial charge in [0.15, 0.2) is 0 Å². The minimum Gasteiger partial charge on any atom is -0.394 e. The first kappa shape index (κ1) is 21.7. The fourth-order valence-corrected chi connectivity index (χ4v) is 1.75. The Morgan fingerprint density at radius 3 is 1.70 bits per heavy atom. The van der Waals surface area contributed by atoms with Crippen molar-refractivity contribution >= 4 is 11.8 Å². The first-order valence-electron chi connectivity index (χ1n) is 7.53. The van der Waals surface area contributed by atoms with Gasteiger partial charge >= 0.3 is 0 Å². The van der Waals surface area contributed by atoms with E-state index in [4.69, 9.17) is 30.8 Å². The van der Waals surface area contributed by atoms with Crippen LogP contribution in [0.3, 0.4) is 0 Å². The Bertz CT molecular complexity index is 321. The summed E-state index contributed by atoms with van der Waals surface area (Å²) in [5, 5.41) is 18.9. The second kappa shape index (κ2) is 13.2. The summed E-state index contributed by atoms with van der Waals surface area (Å²) in [5.41, 5.74) is 8.81. The molecule has 136 valence electrons. The standard InChI is InChI=1S/C14H28N2O7/c15-12(18)1-3-14(20,4-2-13(16)19)11-23-10-9-22-8-7-21-6-5-17/h17,20H,1-11H2,(H2,15,18)(H2,16,19). The number of nitrogens with two attached hydrogens (primary N) is 2. The number of carbonyl (C=O) groups excluding carboxylic acids is 2. The van der Waals surface area contributed by atoms with Crippen molar-refractivity contribution in [3.63, 3.8) is 0 Å². The number of aliphatic hydroxyl groups is 2. The van der Waals surface area contributed by atoms with Gasteiger partial charge in [-0.2, -0.15) is 0 Å². The van der Waals surface area contributed by atoms with Gasteiger partial charge < -0.3 is 35.9 Å². The maximum absolute atomic E-state index is 10.8. The number of primary amides is 2. The smallest absolute Gasteiger partial charge is 0.217 e. The number of hydrogen-bond acceptors (Lipinski definition) is 7. The Morgan fingerprint density at radius 1 is 0.826 bits per heavy atom. The molecule has 0 aromatic rings. The highest BCUT2D eigenvalue weighted by Crippen LogP contribution is 2.20. The number of hydrogen-bond donors (Lipinski definition) is 4. The van der Waals surface area contributed by atoms with Crippen LogP contribution >= 0.6 is 0 Å². The Hall–Kier alpha value is -1.26. The van der Waals surface area contributed by atoms with E-state index in [0.717, 1.165) is 0 Å². The number of amides is 2. The van der Waals surface area contributed by atoms with Crippen molar-refractivity contribution in [1.29, 1.82) is 0 Å². The summed E-state index contributed by atoms with van der Waals surface area (Å²) in [6.45, 7) is 1.50. The molecule has 9 heteroatoms. The quantitative estimate of drug-likeness (QED) is 0.245. The molecule has 0 fully saturated rings. The zero-order chi connectivity index (χ0) is 17.6. The highest BCUT2D eigenvalue weighted by Gasteiger charge is 2.28. The Balaban J connectivity index is 3.90. The van der Waals surface area contributed by atoms with Gasteiger partial charge in [0.2, 0.25) is 11.8 Å². The fraction of sp³-hybridized carbons (Fsp3) is 0.857. The van der Waals surface area contributed by atoms with E-state index >= 15 is 0 Å². The molecule has 0 atom stereocenters. The summed E-state index contributed by atoms with van der Waals surface area (Å²) in [6.07, 6.45) is 0.200. The van der Waals surface area contributed by atoms with Crippen molar-refractivity contribution in [2.45, 2.75) is 31.3 Å². The van der Waals surface area contributed by atoms with Crippen molar-refractivity contribution in [2.24, 2.45) is 11.5 Å². The SMILES string of the molecule is NC(=O)CCC(O)(CCC(N)=O)COCCOCCOCCO. The van der Waals surface area contributed by atoms with Gasteiger partial charge in [-0.3, -0.25) is 9.59 Å². The van der Waals surface area contributed by atoms with Gasteiger partial charge in [0.05, 0.1) is 51.8 Å². The lowest BCUT2D eigenvalue weighted by Crippen LogP contribution is -2.37. The maximum atomic E-state index is 10.8. The molecule has 0 rings (SSSR count). The summed E-state index contributed by atoms with van der Waals surface area (Å²) < 4.78 is 15.6. The first-order valence-corrected chi connectivity index (χ1v) is 7.53. The fourth-order valence-electron chi connectivity index (χ4n) is 1.75. The highest BCUT2D eigenvalue weighted by atomic mass is 16.5. The summed E-state index contributed by atoms with van der Waals surface area (Å²) in [7, 11) is 0. The van der Waals surface area contributed by atoms with Crippen LogP contribution in [-0.4, -0.2) is 73.9 Å². The van der Waals surface area contributed by atoms with Crippen molar-refractivity contribution < 1.29 is 34.0 Å². The summed E-state index contributed by atoms with van der Waals surface area (Å²) in [4.78, 5) is 21.7. The van der Waals surface area contributed by atoms with Crippen LogP contribution in [0.5, 0.6) is 0 Å². The van der Waals surface area contributed by atoms with Crippen LogP contribution in [0, 0.1) is 0 Å². The van der Waals surface area contributed by atoms with Gasteiger partial charge in [0.1, 0.15) is 0 Å².